The zero-order valence-electron chi connectivity index (χ0n) is 19.5. The summed E-state index contributed by atoms with van der Waals surface area (Å²) in [5, 5.41) is 11.7. The number of halogens is 1. The maximum atomic E-state index is 14.3. The third-order valence-corrected chi connectivity index (χ3v) is 6.27. The van der Waals surface area contributed by atoms with Crippen LogP contribution >= 0.6 is 0 Å². The third-order valence-electron chi connectivity index (χ3n) is 6.27. The van der Waals surface area contributed by atoms with Gasteiger partial charge in [-0.25, -0.2) is 19.0 Å². The summed E-state index contributed by atoms with van der Waals surface area (Å²) in [6.45, 7) is 3.58. The number of nitrogen functional groups attached to an aromatic ring is 1. The number of aryl methyl sites for hydroxylation is 1. The molecule has 0 bridgehead atoms. The number of nitrogens with one attached hydrogen (secondary N) is 2. The number of anilines is 2. The molecule has 0 aliphatic carbocycles. The van der Waals surface area contributed by atoms with E-state index < -0.39 is 11.7 Å². The molecule has 5 rings (SSSR count). The second kappa shape index (κ2) is 9.30. The lowest BCUT2D eigenvalue weighted by molar-refractivity contribution is 0.102. The highest BCUT2D eigenvalue weighted by atomic mass is 19.1. The van der Waals surface area contributed by atoms with Crippen molar-refractivity contribution in [3.8, 4) is 17.0 Å². The average molecular weight is 476 g/mol. The molecule has 1 fully saturated rings. The van der Waals surface area contributed by atoms with E-state index in [0.29, 0.717) is 34.0 Å². The molecule has 1 aliphatic rings. The van der Waals surface area contributed by atoms with Crippen LogP contribution in [0.15, 0.2) is 42.7 Å². The van der Waals surface area contributed by atoms with Gasteiger partial charge in [-0.2, -0.15) is 5.10 Å². The highest BCUT2D eigenvalue weighted by Gasteiger charge is 2.24. The predicted octanol–water partition coefficient (Wildman–Crippen LogP) is 3.71. The number of methoxy groups -OCH3 is 1. The van der Waals surface area contributed by atoms with Crippen LogP contribution in [0, 0.1) is 12.7 Å². The van der Waals surface area contributed by atoms with Crippen LogP contribution in [0.3, 0.4) is 0 Å². The number of rotatable bonds is 5. The first-order valence-corrected chi connectivity index (χ1v) is 11.4. The van der Waals surface area contributed by atoms with Crippen molar-refractivity contribution >= 4 is 28.4 Å². The van der Waals surface area contributed by atoms with Gasteiger partial charge in [0.2, 0.25) is 0 Å². The minimum Gasteiger partial charge on any atom is -0.495 e. The zero-order valence-corrected chi connectivity index (χ0v) is 19.5. The summed E-state index contributed by atoms with van der Waals surface area (Å²) in [5.41, 5.74) is 9.41. The Morgan fingerprint density at radius 1 is 1.20 bits per heavy atom. The van der Waals surface area contributed by atoms with Crippen molar-refractivity contribution in [1.82, 2.24) is 25.1 Å². The summed E-state index contributed by atoms with van der Waals surface area (Å²) in [7, 11) is 1.50. The number of carbonyl (C=O) groups excluding carboxylic acids is 1. The van der Waals surface area contributed by atoms with E-state index in [0.717, 1.165) is 37.1 Å². The molecule has 0 unspecified atom stereocenters. The summed E-state index contributed by atoms with van der Waals surface area (Å²) < 4.78 is 21.8. The van der Waals surface area contributed by atoms with Gasteiger partial charge in [-0.3, -0.25) is 4.79 Å². The van der Waals surface area contributed by atoms with Crippen molar-refractivity contribution in [1.29, 1.82) is 0 Å². The van der Waals surface area contributed by atoms with E-state index in [1.807, 2.05) is 10.7 Å². The Bertz CT molecular complexity index is 1410. The summed E-state index contributed by atoms with van der Waals surface area (Å²) in [4.78, 5) is 21.4. The number of hydrogen-bond donors (Lipinski definition) is 3. The maximum Gasteiger partial charge on any atom is 0.258 e. The molecule has 1 aliphatic heterocycles. The van der Waals surface area contributed by atoms with Gasteiger partial charge >= 0.3 is 0 Å². The van der Waals surface area contributed by atoms with E-state index in [2.05, 4.69) is 20.6 Å². The third kappa shape index (κ3) is 4.28. The van der Waals surface area contributed by atoms with E-state index in [1.54, 1.807) is 25.1 Å². The van der Waals surface area contributed by atoms with Crippen molar-refractivity contribution in [2.24, 2.45) is 0 Å². The SMILES string of the molecule is COc1cc(-c2nn(C3CCNCC3)c3ncnc(N)c23)ccc1NC(=O)c1ccc(C)cc1F. The van der Waals surface area contributed by atoms with Gasteiger partial charge in [0.15, 0.2) is 5.65 Å². The molecule has 0 atom stereocenters. The van der Waals surface area contributed by atoms with E-state index in [9.17, 15) is 9.18 Å². The molecule has 35 heavy (non-hydrogen) atoms. The highest BCUT2D eigenvalue weighted by Crippen LogP contribution is 2.37. The molecule has 0 radical (unpaired) electrons. The number of fused-ring (bicyclic) bond motifs is 1. The standard InChI is InChI=1S/C25H26FN7O2/c1-14-3-5-17(18(26)11-14)25(34)31-19-6-4-15(12-20(19)35-2)22-21-23(27)29-13-30-24(21)33(32-22)16-7-9-28-10-8-16/h3-6,11-13,16,28H,7-10H2,1-2H3,(H,31,34)(H2,27,29,30). The van der Waals surface area contributed by atoms with Crippen molar-refractivity contribution in [3.05, 3.63) is 59.7 Å². The van der Waals surface area contributed by atoms with Crippen LogP contribution < -0.4 is 21.1 Å². The Labute approximate surface area is 201 Å². The summed E-state index contributed by atoms with van der Waals surface area (Å²) in [6, 6.07) is 9.95. The molecule has 1 amide bonds. The average Bonchev–Trinajstić information content (AvgIpc) is 3.26. The maximum absolute atomic E-state index is 14.3. The quantitative estimate of drug-likeness (QED) is 0.402. The number of carbonyl (C=O) groups is 1. The number of amides is 1. The number of aromatic nitrogens is 4. The molecule has 0 spiro atoms. The fourth-order valence-electron chi connectivity index (χ4n) is 4.44. The largest absolute Gasteiger partial charge is 0.495 e. The fraction of sp³-hybridized carbons (Fsp3) is 0.280. The van der Waals surface area contributed by atoms with Crippen LogP contribution in [0.1, 0.15) is 34.8 Å². The summed E-state index contributed by atoms with van der Waals surface area (Å²) in [5.74, 6) is -0.393. The van der Waals surface area contributed by atoms with Gasteiger partial charge in [-0.1, -0.05) is 12.1 Å². The first-order valence-electron chi connectivity index (χ1n) is 11.4. The molecule has 0 saturated carbocycles. The molecule has 9 nitrogen and oxygen atoms in total. The number of benzene rings is 2. The van der Waals surface area contributed by atoms with Crippen LogP contribution in [-0.4, -0.2) is 45.9 Å². The number of nitrogens with two attached hydrogens (primary N) is 1. The molecule has 1 saturated heterocycles. The van der Waals surface area contributed by atoms with Gasteiger partial charge in [0, 0.05) is 5.56 Å². The van der Waals surface area contributed by atoms with Crippen LogP contribution in [-0.2, 0) is 0 Å². The predicted molar refractivity (Wildman–Crippen MR) is 132 cm³/mol. The molecular weight excluding hydrogens is 449 g/mol. The molecule has 2 aromatic carbocycles. The van der Waals surface area contributed by atoms with E-state index in [1.165, 1.54) is 25.6 Å². The molecule has 4 aromatic rings. The lowest BCUT2D eigenvalue weighted by atomic mass is 10.1. The van der Waals surface area contributed by atoms with Crippen molar-refractivity contribution < 1.29 is 13.9 Å². The van der Waals surface area contributed by atoms with Crippen LogP contribution in [0.5, 0.6) is 5.75 Å². The summed E-state index contributed by atoms with van der Waals surface area (Å²) in [6.07, 6.45) is 3.32. The Morgan fingerprint density at radius 3 is 2.74 bits per heavy atom. The van der Waals surface area contributed by atoms with E-state index >= 15 is 0 Å². The Hall–Kier alpha value is -4.05. The number of ether oxygens (including phenoxy) is 1. The van der Waals surface area contributed by atoms with Crippen molar-refractivity contribution in [3.63, 3.8) is 0 Å². The molecular formula is C25H26FN7O2. The molecule has 4 N–H and O–H groups in total. The van der Waals surface area contributed by atoms with E-state index in [4.69, 9.17) is 15.6 Å². The van der Waals surface area contributed by atoms with Crippen LogP contribution in [0.2, 0.25) is 0 Å². The zero-order chi connectivity index (χ0) is 24.5. The van der Waals surface area contributed by atoms with Gasteiger partial charge in [-0.05, 0) is 62.7 Å². The lowest BCUT2D eigenvalue weighted by Gasteiger charge is -2.23. The Balaban J connectivity index is 1.52. The number of nitrogens with zero attached hydrogens (tertiary/aromatic N) is 4. The van der Waals surface area contributed by atoms with Crippen molar-refractivity contribution in [2.45, 2.75) is 25.8 Å². The second-order valence-corrected chi connectivity index (χ2v) is 8.58. The van der Waals surface area contributed by atoms with Gasteiger partial charge in [0.25, 0.3) is 5.91 Å². The molecule has 2 aromatic heterocycles. The topological polar surface area (TPSA) is 120 Å². The van der Waals surface area contributed by atoms with Gasteiger partial charge < -0.3 is 21.1 Å². The van der Waals surface area contributed by atoms with Crippen LogP contribution in [0.25, 0.3) is 22.3 Å². The normalized spacial score (nSPS) is 14.3. The number of hydrogen-bond acceptors (Lipinski definition) is 7. The van der Waals surface area contributed by atoms with Crippen molar-refractivity contribution in [2.75, 3.05) is 31.2 Å². The van der Waals surface area contributed by atoms with Gasteiger partial charge in [-0.15, -0.1) is 0 Å². The minimum atomic E-state index is -0.580. The van der Waals surface area contributed by atoms with Gasteiger partial charge in [0.05, 0.1) is 29.8 Å². The minimum absolute atomic E-state index is 0.0432. The Morgan fingerprint density at radius 2 is 2.00 bits per heavy atom. The van der Waals surface area contributed by atoms with E-state index in [-0.39, 0.29) is 11.6 Å². The first-order chi connectivity index (χ1) is 17.0. The monoisotopic (exact) mass is 475 g/mol. The fourth-order valence-corrected chi connectivity index (χ4v) is 4.44. The second-order valence-electron chi connectivity index (χ2n) is 8.58. The van der Waals surface area contributed by atoms with Crippen LogP contribution in [0.4, 0.5) is 15.9 Å². The number of piperidine rings is 1. The highest BCUT2D eigenvalue weighted by molar-refractivity contribution is 6.05. The summed E-state index contributed by atoms with van der Waals surface area (Å²) >= 11 is 0. The van der Waals surface area contributed by atoms with Gasteiger partial charge in [0.1, 0.15) is 29.4 Å². The smallest absolute Gasteiger partial charge is 0.258 e. The first kappa shape index (κ1) is 22.7. The lowest BCUT2D eigenvalue weighted by Crippen LogP contribution is -2.30. The molecule has 10 heteroatoms. The Kier molecular flexibility index (Phi) is 6.04. The molecule has 3 heterocycles. The molecule has 180 valence electrons.